The van der Waals surface area contributed by atoms with E-state index in [-0.39, 0.29) is 17.1 Å². The number of methoxy groups -OCH3 is 2. The molecule has 11 heteroatoms. The number of halogens is 4. The van der Waals surface area contributed by atoms with E-state index in [4.69, 9.17) is 25.8 Å². The molecule has 7 nitrogen and oxygen atoms in total. The van der Waals surface area contributed by atoms with Gasteiger partial charge in [0.05, 0.1) is 43.3 Å². The van der Waals surface area contributed by atoms with Gasteiger partial charge in [0.1, 0.15) is 10.8 Å². The van der Waals surface area contributed by atoms with E-state index in [2.05, 4.69) is 20.6 Å². The van der Waals surface area contributed by atoms with Crippen LogP contribution in [0, 0.1) is 0 Å². The molecular formula is C26H24ClF3N4O3. The maximum atomic E-state index is 13.0. The molecule has 2 aromatic heterocycles. The number of anilines is 2. The van der Waals surface area contributed by atoms with E-state index in [9.17, 15) is 13.2 Å². The van der Waals surface area contributed by atoms with Gasteiger partial charge in [-0.1, -0.05) is 24.6 Å². The number of alkyl halides is 3. The van der Waals surface area contributed by atoms with Crippen LogP contribution in [-0.4, -0.2) is 30.4 Å². The summed E-state index contributed by atoms with van der Waals surface area (Å²) in [5.41, 5.74) is 0.814. The van der Waals surface area contributed by atoms with Crippen LogP contribution in [0.15, 0.2) is 60.9 Å². The highest BCUT2D eigenvalue weighted by Gasteiger charge is 2.30. The van der Waals surface area contributed by atoms with Gasteiger partial charge in [0, 0.05) is 23.3 Å². The Balaban J connectivity index is 1.52. The van der Waals surface area contributed by atoms with E-state index in [1.807, 2.05) is 6.92 Å². The van der Waals surface area contributed by atoms with Gasteiger partial charge in [-0.3, -0.25) is 4.98 Å². The Morgan fingerprint density at radius 2 is 1.65 bits per heavy atom. The second-order valence-electron chi connectivity index (χ2n) is 7.97. The van der Waals surface area contributed by atoms with Crippen molar-refractivity contribution in [2.75, 3.05) is 24.9 Å². The lowest BCUT2D eigenvalue weighted by Gasteiger charge is -2.22. The summed E-state index contributed by atoms with van der Waals surface area (Å²) < 4.78 is 55.8. The van der Waals surface area contributed by atoms with Gasteiger partial charge in [0.25, 0.3) is 0 Å². The number of hydrogen-bond acceptors (Lipinski definition) is 7. The van der Waals surface area contributed by atoms with E-state index in [1.54, 1.807) is 43.6 Å². The van der Waals surface area contributed by atoms with Crippen molar-refractivity contribution in [2.24, 2.45) is 0 Å². The van der Waals surface area contributed by atoms with Crippen LogP contribution in [0.2, 0.25) is 5.02 Å². The van der Waals surface area contributed by atoms with Gasteiger partial charge in [0.15, 0.2) is 11.5 Å². The minimum Gasteiger partial charge on any atom is -0.493 e. The molecule has 0 amide bonds. The van der Waals surface area contributed by atoms with E-state index in [0.29, 0.717) is 45.9 Å². The number of pyridine rings is 2. The molecule has 0 fully saturated rings. The maximum Gasteiger partial charge on any atom is 0.416 e. The summed E-state index contributed by atoms with van der Waals surface area (Å²) in [5.74, 6) is 1.70. The molecule has 37 heavy (non-hydrogen) atoms. The highest BCUT2D eigenvalue weighted by atomic mass is 35.5. The van der Waals surface area contributed by atoms with Gasteiger partial charge in [-0.2, -0.15) is 13.2 Å². The third kappa shape index (κ3) is 6.08. The predicted octanol–water partition coefficient (Wildman–Crippen LogP) is 7.37. The molecule has 0 aliphatic rings. The van der Waals surface area contributed by atoms with Crippen molar-refractivity contribution in [3.05, 3.63) is 71.5 Å². The van der Waals surface area contributed by atoms with Crippen LogP contribution in [-0.2, 0) is 6.18 Å². The topological polar surface area (TPSA) is 77.5 Å². The number of benzene rings is 2. The molecule has 4 aromatic rings. The SMILES string of the molecule is CCC(Nc1cccc(C(F)(F)F)c1)Nc1cnc(Oc2ccnc3cc(OC)c(OC)cc23)c(Cl)c1. The lowest BCUT2D eigenvalue weighted by molar-refractivity contribution is -0.137. The molecule has 2 aromatic carbocycles. The zero-order valence-electron chi connectivity index (χ0n) is 20.2. The summed E-state index contributed by atoms with van der Waals surface area (Å²) in [5, 5.41) is 7.17. The molecule has 1 unspecified atom stereocenters. The molecule has 0 saturated carbocycles. The van der Waals surface area contributed by atoms with Gasteiger partial charge >= 0.3 is 6.18 Å². The minimum absolute atomic E-state index is 0.174. The zero-order chi connectivity index (χ0) is 26.6. The van der Waals surface area contributed by atoms with Crippen molar-refractivity contribution >= 4 is 33.9 Å². The van der Waals surface area contributed by atoms with Crippen molar-refractivity contribution in [1.29, 1.82) is 0 Å². The normalized spacial score (nSPS) is 12.2. The Kier molecular flexibility index (Phi) is 7.77. The molecule has 2 N–H and O–H groups in total. The first kappa shape index (κ1) is 26.2. The minimum atomic E-state index is -4.42. The second-order valence-corrected chi connectivity index (χ2v) is 8.38. The maximum absolute atomic E-state index is 13.0. The highest BCUT2D eigenvalue weighted by Crippen LogP contribution is 2.38. The van der Waals surface area contributed by atoms with Crippen molar-refractivity contribution < 1.29 is 27.4 Å². The number of nitrogens with zero attached hydrogens (tertiary/aromatic N) is 2. The van der Waals surface area contributed by atoms with Gasteiger partial charge in [-0.15, -0.1) is 0 Å². The van der Waals surface area contributed by atoms with Crippen LogP contribution in [0.25, 0.3) is 10.9 Å². The van der Waals surface area contributed by atoms with Crippen molar-refractivity contribution in [1.82, 2.24) is 9.97 Å². The van der Waals surface area contributed by atoms with Gasteiger partial charge in [-0.05, 0) is 42.8 Å². The van der Waals surface area contributed by atoms with Crippen LogP contribution in [0.1, 0.15) is 18.9 Å². The van der Waals surface area contributed by atoms with E-state index in [1.165, 1.54) is 19.4 Å². The fourth-order valence-corrected chi connectivity index (χ4v) is 3.85. The summed E-state index contributed by atoms with van der Waals surface area (Å²) in [6.07, 6.45) is -1.10. The summed E-state index contributed by atoms with van der Waals surface area (Å²) in [7, 11) is 3.08. The third-order valence-corrected chi connectivity index (χ3v) is 5.77. The standard InChI is InChI=1S/C26H24ClF3N4O3/c1-4-24(33-16-7-5-6-15(10-16)26(28,29)30)34-17-11-19(27)25(32-14-17)37-21-8-9-31-20-13-23(36-3)22(35-2)12-18(20)21/h5-14,24,33-34H,4H2,1-3H3. The van der Waals surface area contributed by atoms with Gasteiger partial charge < -0.3 is 24.8 Å². The number of fused-ring (bicyclic) bond motifs is 1. The fraction of sp³-hybridized carbons (Fsp3) is 0.231. The molecule has 194 valence electrons. The summed E-state index contributed by atoms with van der Waals surface area (Å²) >= 11 is 6.46. The second kappa shape index (κ2) is 11.0. The quantitative estimate of drug-likeness (QED) is 0.218. The van der Waals surface area contributed by atoms with E-state index >= 15 is 0 Å². The fourth-order valence-electron chi connectivity index (χ4n) is 3.65. The summed E-state index contributed by atoms with van der Waals surface area (Å²) in [6, 6.07) is 11.8. The molecule has 0 spiro atoms. The third-order valence-electron chi connectivity index (χ3n) is 5.50. The Hall–Kier alpha value is -3.92. The van der Waals surface area contributed by atoms with Crippen molar-refractivity contribution in [3.8, 4) is 23.1 Å². The van der Waals surface area contributed by atoms with Crippen LogP contribution in [0.4, 0.5) is 24.5 Å². The lowest BCUT2D eigenvalue weighted by Crippen LogP contribution is -2.28. The van der Waals surface area contributed by atoms with Crippen LogP contribution < -0.4 is 24.8 Å². The average molecular weight is 533 g/mol. The Labute approximate surface area is 216 Å². The number of ether oxygens (including phenoxy) is 3. The van der Waals surface area contributed by atoms with Crippen LogP contribution >= 0.6 is 11.6 Å². The van der Waals surface area contributed by atoms with Crippen LogP contribution in [0.5, 0.6) is 23.1 Å². The van der Waals surface area contributed by atoms with E-state index < -0.39 is 11.7 Å². The van der Waals surface area contributed by atoms with Gasteiger partial charge in [-0.25, -0.2) is 4.98 Å². The first-order valence-electron chi connectivity index (χ1n) is 11.3. The molecule has 0 radical (unpaired) electrons. The predicted molar refractivity (Wildman–Crippen MR) is 137 cm³/mol. The monoisotopic (exact) mass is 532 g/mol. The molecule has 0 aliphatic carbocycles. The number of nitrogens with one attached hydrogen (secondary N) is 2. The Morgan fingerprint density at radius 1 is 0.919 bits per heavy atom. The zero-order valence-corrected chi connectivity index (χ0v) is 20.9. The number of hydrogen-bond donors (Lipinski definition) is 2. The van der Waals surface area contributed by atoms with Crippen molar-refractivity contribution in [3.63, 3.8) is 0 Å². The Bertz CT molecular complexity index is 1400. The first-order chi connectivity index (χ1) is 17.7. The smallest absolute Gasteiger partial charge is 0.416 e. The molecule has 0 bridgehead atoms. The first-order valence-corrected chi connectivity index (χ1v) is 11.6. The molecule has 2 heterocycles. The molecular weight excluding hydrogens is 509 g/mol. The molecule has 0 saturated heterocycles. The van der Waals surface area contributed by atoms with E-state index in [0.717, 1.165) is 12.1 Å². The molecule has 4 rings (SSSR count). The Morgan fingerprint density at radius 3 is 2.32 bits per heavy atom. The summed E-state index contributed by atoms with van der Waals surface area (Å²) in [4.78, 5) is 8.68. The van der Waals surface area contributed by atoms with Gasteiger partial charge in [0.2, 0.25) is 5.88 Å². The largest absolute Gasteiger partial charge is 0.493 e. The number of rotatable bonds is 9. The lowest BCUT2D eigenvalue weighted by atomic mass is 10.2. The molecule has 1 atom stereocenters. The average Bonchev–Trinajstić information content (AvgIpc) is 2.88. The highest BCUT2D eigenvalue weighted by molar-refractivity contribution is 6.32. The molecule has 0 aliphatic heterocycles. The number of aromatic nitrogens is 2. The summed E-state index contributed by atoms with van der Waals surface area (Å²) in [6.45, 7) is 1.89. The van der Waals surface area contributed by atoms with Crippen molar-refractivity contribution in [2.45, 2.75) is 25.7 Å². The van der Waals surface area contributed by atoms with Crippen LogP contribution in [0.3, 0.4) is 0 Å².